The summed E-state index contributed by atoms with van der Waals surface area (Å²) in [5.74, 6) is -8.36. The van der Waals surface area contributed by atoms with Crippen LogP contribution in [0.3, 0.4) is 0 Å². The molecule has 1 atom stereocenters. The Morgan fingerprint density at radius 2 is 1.38 bits per heavy atom. The van der Waals surface area contributed by atoms with Crippen molar-refractivity contribution in [3.05, 3.63) is 147 Å². The fourth-order valence-corrected chi connectivity index (χ4v) is 8.75. The lowest BCUT2D eigenvalue weighted by atomic mass is 9.92. The molecular formula is C47H41ClF9N7O11S. The van der Waals surface area contributed by atoms with Gasteiger partial charge >= 0.3 is 36.4 Å². The smallest absolute Gasteiger partial charge is 0.475 e. The van der Waals surface area contributed by atoms with Gasteiger partial charge in [-0.1, -0.05) is 60.1 Å². The molecule has 5 aromatic carbocycles. The van der Waals surface area contributed by atoms with Crippen LogP contribution in [0.2, 0.25) is 5.02 Å². The van der Waals surface area contributed by atoms with Gasteiger partial charge in [0.1, 0.15) is 11.5 Å². The number of hydrogen-bond acceptors (Lipinski definition) is 12. The summed E-state index contributed by atoms with van der Waals surface area (Å²) in [6, 6.07) is 33.1. The van der Waals surface area contributed by atoms with Crippen molar-refractivity contribution in [2.24, 2.45) is 0 Å². The number of halogens is 10. The zero-order valence-corrected chi connectivity index (χ0v) is 40.3. The summed E-state index contributed by atoms with van der Waals surface area (Å²) >= 11 is 6.14. The number of carboxylic acids is 3. The zero-order chi connectivity index (χ0) is 56.3. The number of nitrogens with zero attached hydrogens (tertiary/aromatic N) is 4. The number of nitrogens with one attached hydrogen (secondary N) is 3. The molecule has 6 N–H and O–H groups in total. The number of nitro benzene ring substituents is 1. The van der Waals surface area contributed by atoms with Crippen LogP contribution in [0.15, 0.2) is 114 Å². The van der Waals surface area contributed by atoms with E-state index in [1.54, 1.807) is 12.1 Å². The monoisotopic (exact) mass is 1120 g/mol. The number of aromatic nitrogens is 2. The zero-order valence-electron chi connectivity index (χ0n) is 38.7. The van der Waals surface area contributed by atoms with Gasteiger partial charge in [0.25, 0.3) is 21.6 Å². The molecule has 0 bridgehead atoms. The number of fused-ring (bicyclic) bond motifs is 4. The Morgan fingerprint density at radius 1 is 0.789 bits per heavy atom. The van der Waals surface area contributed by atoms with Gasteiger partial charge in [0.15, 0.2) is 0 Å². The van der Waals surface area contributed by atoms with Crippen LogP contribution in [0.1, 0.15) is 33.7 Å². The molecule has 0 aliphatic carbocycles. The molecule has 8 rings (SSSR count). The number of amides is 1. The van der Waals surface area contributed by atoms with E-state index in [1.165, 1.54) is 23.3 Å². The Labute approximate surface area is 428 Å². The van der Waals surface area contributed by atoms with Crippen LogP contribution in [-0.4, -0.2) is 118 Å². The van der Waals surface area contributed by atoms with Gasteiger partial charge in [0, 0.05) is 67.5 Å². The van der Waals surface area contributed by atoms with E-state index in [1.807, 2.05) is 42.5 Å². The molecule has 6 aromatic rings. The molecule has 29 heteroatoms. The molecule has 2 aliphatic rings. The van der Waals surface area contributed by atoms with E-state index in [4.69, 9.17) is 41.3 Å². The number of carbonyl (C=O) groups excluding carboxylic acids is 1. The standard InChI is InChI=1S/C41H38ClN7O5S.3C2HF3O2/c42-31-13-9-27(10-14-31)34-6-2-1-5-30(34)25-47-21-22-48-32(26-47)15-11-28-23-29(12-18-38(28)48)41(50)46-55(53,54)33-16-17-37(39(24-33)49(51)52)43-20-19-40-44-35-7-3-4-8-36(35)45-40;3*3-2(4,5)1(6)7/h1-10,12-14,16-18,23-24,32,43H,11,15,19-22,25-26H2,(H,44,45)(H,46,50);3*(H,6,7)/t32-;;;/m0.../s1. The summed E-state index contributed by atoms with van der Waals surface area (Å²) < 4.78 is 124. The van der Waals surface area contributed by atoms with Gasteiger partial charge < -0.3 is 30.5 Å². The predicted octanol–water partition coefficient (Wildman–Crippen LogP) is 9.10. The number of alkyl halides is 9. The van der Waals surface area contributed by atoms with Crippen molar-refractivity contribution in [1.29, 1.82) is 0 Å². The number of nitro groups is 1. The topological polar surface area (TPSA) is 265 Å². The van der Waals surface area contributed by atoms with Gasteiger partial charge in [0.05, 0.1) is 20.9 Å². The Bertz CT molecular complexity index is 3110. The molecule has 406 valence electrons. The van der Waals surface area contributed by atoms with E-state index in [-0.39, 0.29) is 16.1 Å². The number of imidazole rings is 1. The number of piperazine rings is 1. The highest BCUT2D eigenvalue weighted by molar-refractivity contribution is 7.90. The second-order valence-corrected chi connectivity index (χ2v) is 18.4. The maximum absolute atomic E-state index is 13.3. The number of anilines is 2. The van der Waals surface area contributed by atoms with Crippen molar-refractivity contribution in [1.82, 2.24) is 19.6 Å². The van der Waals surface area contributed by atoms with E-state index >= 15 is 0 Å². The number of hydrogen-bond donors (Lipinski definition) is 6. The van der Waals surface area contributed by atoms with Gasteiger partial charge in [-0.2, -0.15) is 39.5 Å². The van der Waals surface area contributed by atoms with Gasteiger partial charge in [0.2, 0.25) is 0 Å². The highest BCUT2D eigenvalue weighted by Gasteiger charge is 2.40. The van der Waals surface area contributed by atoms with Gasteiger partial charge in [-0.3, -0.25) is 19.8 Å². The second kappa shape index (κ2) is 24.6. The Morgan fingerprint density at radius 3 is 1.97 bits per heavy atom. The Kier molecular flexibility index (Phi) is 19.0. The largest absolute Gasteiger partial charge is 0.490 e. The molecular weight excluding hydrogens is 1080 g/mol. The number of aliphatic carboxylic acids is 3. The first-order chi connectivity index (χ1) is 35.4. The predicted molar refractivity (Wildman–Crippen MR) is 255 cm³/mol. The molecule has 1 saturated heterocycles. The average Bonchev–Trinajstić information content (AvgIpc) is 3.77. The maximum Gasteiger partial charge on any atom is 0.490 e. The second-order valence-electron chi connectivity index (χ2n) is 16.3. The molecule has 18 nitrogen and oxygen atoms in total. The number of aryl methyl sites for hydroxylation is 1. The number of carbonyl (C=O) groups is 4. The molecule has 0 spiro atoms. The number of carboxylic acid groups (broad SMARTS) is 3. The lowest BCUT2D eigenvalue weighted by Gasteiger charge is -2.46. The minimum Gasteiger partial charge on any atom is -0.475 e. The third-order valence-electron chi connectivity index (χ3n) is 11.1. The molecule has 1 aromatic heterocycles. The minimum atomic E-state index is -5.08. The van der Waals surface area contributed by atoms with Gasteiger partial charge in [-0.15, -0.1) is 0 Å². The number of sulfonamides is 1. The van der Waals surface area contributed by atoms with Crippen molar-refractivity contribution >= 4 is 73.5 Å². The first-order valence-electron chi connectivity index (χ1n) is 21.8. The van der Waals surface area contributed by atoms with Crippen molar-refractivity contribution in [2.75, 3.05) is 36.4 Å². The van der Waals surface area contributed by atoms with Crippen LogP contribution >= 0.6 is 11.6 Å². The normalized spacial score (nSPS) is 14.4. The van der Waals surface area contributed by atoms with Crippen LogP contribution in [0.5, 0.6) is 0 Å². The Hall–Kier alpha value is -7.98. The highest BCUT2D eigenvalue weighted by Crippen LogP contribution is 2.35. The summed E-state index contributed by atoms with van der Waals surface area (Å²) in [6.45, 7) is 3.74. The molecule has 1 amide bonds. The fraction of sp³-hybridized carbons (Fsp3) is 0.255. The quantitative estimate of drug-likeness (QED) is 0.0401. The minimum absolute atomic E-state index is 0.156. The average molecular weight is 1120 g/mol. The van der Waals surface area contributed by atoms with E-state index in [0.29, 0.717) is 29.9 Å². The third-order valence-corrected chi connectivity index (χ3v) is 12.7. The van der Waals surface area contributed by atoms with E-state index in [0.717, 1.165) is 72.9 Å². The fourth-order valence-electron chi connectivity index (χ4n) is 7.63. The van der Waals surface area contributed by atoms with E-state index in [9.17, 15) is 62.8 Å². The third kappa shape index (κ3) is 16.3. The summed E-state index contributed by atoms with van der Waals surface area (Å²) in [5.41, 5.74) is 7.28. The number of H-pyrrole nitrogens is 1. The van der Waals surface area contributed by atoms with Crippen molar-refractivity contribution < 1.29 is 87.4 Å². The van der Waals surface area contributed by atoms with Gasteiger partial charge in [-0.05, 0) is 89.7 Å². The van der Waals surface area contributed by atoms with Crippen molar-refractivity contribution in [3.8, 4) is 11.1 Å². The number of aromatic amines is 1. The Balaban J connectivity index is 0.000000428. The van der Waals surface area contributed by atoms with Gasteiger partial charge in [-0.25, -0.2) is 32.5 Å². The first kappa shape index (κ1) is 58.9. The molecule has 2 aliphatic heterocycles. The molecule has 0 radical (unpaired) electrons. The SMILES string of the molecule is O=C(NS(=O)(=O)c1ccc(NCCc2nc3ccccc3[nH]2)c([N+](=O)[O-])c1)c1ccc2c(c1)CC[C@H]1CN(Cc3ccccc3-c3ccc(Cl)cc3)CCN21.O=C(O)C(F)(F)F.O=C(O)C(F)(F)F.O=C(O)C(F)(F)F. The molecule has 0 unspecified atom stereocenters. The number of benzene rings is 5. The molecule has 0 saturated carbocycles. The van der Waals surface area contributed by atoms with Crippen LogP contribution in [0, 0.1) is 10.1 Å². The molecule has 3 heterocycles. The highest BCUT2D eigenvalue weighted by atomic mass is 35.5. The van der Waals surface area contributed by atoms with Crippen molar-refractivity contribution in [3.63, 3.8) is 0 Å². The summed E-state index contributed by atoms with van der Waals surface area (Å²) in [5, 5.41) is 37.1. The summed E-state index contributed by atoms with van der Waals surface area (Å²) in [7, 11) is -4.42. The van der Waals surface area contributed by atoms with Crippen LogP contribution in [0.25, 0.3) is 22.2 Å². The molecule has 1 fully saturated rings. The van der Waals surface area contributed by atoms with Crippen LogP contribution < -0.4 is 14.9 Å². The van der Waals surface area contributed by atoms with Crippen LogP contribution in [0.4, 0.5) is 56.6 Å². The van der Waals surface area contributed by atoms with Crippen LogP contribution in [-0.2, 0) is 43.8 Å². The first-order valence-corrected chi connectivity index (χ1v) is 23.7. The number of rotatable bonds is 11. The molecule has 76 heavy (non-hydrogen) atoms. The maximum atomic E-state index is 13.3. The summed E-state index contributed by atoms with van der Waals surface area (Å²) in [6.07, 6.45) is -13.1. The van der Waals surface area contributed by atoms with Crippen molar-refractivity contribution in [2.45, 2.75) is 55.3 Å². The van der Waals surface area contributed by atoms with E-state index in [2.05, 4.69) is 66.2 Å². The lowest BCUT2D eigenvalue weighted by molar-refractivity contribution is -0.384. The lowest BCUT2D eigenvalue weighted by Crippen LogP contribution is -2.54. The summed E-state index contributed by atoms with van der Waals surface area (Å²) in [4.78, 5) is 63.5. The number of para-hydroxylation sites is 2. The van der Waals surface area contributed by atoms with E-state index < -0.39 is 63.0 Å².